The Morgan fingerprint density at radius 3 is 2.22 bits per heavy atom. The van der Waals surface area contributed by atoms with Gasteiger partial charge in [-0.3, -0.25) is 4.79 Å². The van der Waals surface area contributed by atoms with Crippen LogP contribution in [0, 0.1) is 0 Å². The van der Waals surface area contributed by atoms with Gasteiger partial charge in [0.15, 0.2) is 5.78 Å². The minimum Gasteiger partial charge on any atom is -0.324 e. The van der Waals surface area contributed by atoms with Crippen molar-refractivity contribution >= 4 is 15.8 Å². The number of nitrogens with zero attached hydrogens (tertiary/aromatic N) is 1. The van der Waals surface area contributed by atoms with Gasteiger partial charge in [-0.25, -0.2) is 8.42 Å². The lowest BCUT2D eigenvalue weighted by atomic mass is 10.1. The molecule has 2 rings (SSSR count). The van der Waals surface area contributed by atoms with E-state index in [4.69, 9.17) is 5.73 Å². The van der Waals surface area contributed by atoms with Crippen LogP contribution in [0.15, 0.2) is 29.2 Å². The number of Topliss-reactive ketones (excluding diaryl/α,β-unsaturated/α-hetero) is 1. The zero-order valence-electron chi connectivity index (χ0n) is 10.0. The highest BCUT2D eigenvalue weighted by atomic mass is 32.2. The van der Waals surface area contributed by atoms with Gasteiger partial charge in [0.05, 0.1) is 11.4 Å². The van der Waals surface area contributed by atoms with Gasteiger partial charge < -0.3 is 5.73 Å². The first-order valence-electron chi connectivity index (χ1n) is 5.89. The fourth-order valence-electron chi connectivity index (χ4n) is 2.01. The fourth-order valence-corrected chi connectivity index (χ4v) is 3.53. The lowest BCUT2D eigenvalue weighted by Crippen LogP contribution is -2.27. The summed E-state index contributed by atoms with van der Waals surface area (Å²) in [6.45, 7) is 1.08. The van der Waals surface area contributed by atoms with Crippen LogP contribution in [-0.2, 0) is 10.0 Å². The molecule has 1 heterocycles. The van der Waals surface area contributed by atoms with Gasteiger partial charge in [0.1, 0.15) is 0 Å². The molecule has 1 saturated heterocycles. The summed E-state index contributed by atoms with van der Waals surface area (Å²) in [7, 11) is -3.40. The van der Waals surface area contributed by atoms with Gasteiger partial charge in [0.2, 0.25) is 10.0 Å². The van der Waals surface area contributed by atoms with Gasteiger partial charge >= 0.3 is 0 Å². The summed E-state index contributed by atoms with van der Waals surface area (Å²) in [4.78, 5) is 11.6. The van der Waals surface area contributed by atoms with Crippen molar-refractivity contribution in [3.63, 3.8) is 0 Å². The van der Waals surface area contributed by atoms with Gasteiger partial charge in [-0.2, -0.15) is 4.31 Å². The number of carbonyl (C=O) groups excluding carboxylic acids is 1. The summed E-state index contributed by atoms with van der Waals surface area (Å²) in [5, 5.41) is 0. The summed E-state index contributed by atoms with van der Waals surface area (Å²) in [6.07, 6.45) is 1.81. The Labute approximate surface area is 107 Å². The van der Waals surface area contributed by atoms with Crippen molar-refractivity contribution in [2.45, 2.75) is 17.7 Å². The average Bonchev–Trinajstić information content (AvgIpc) is 2.92. The zero-order valence-corrected chi connectivity index (χ0v) is 10.8. The van der Waals surface area contributed by atoms with Gasteiger partial charge in [0, 0.05) is 18.7 Å². The van der Waals surface area contributed by atoms with Crippen LogP contribution in [0.3, 0.4) is 0 Å². The SMILES string of the molecule is NCC(=O)c1ccc(S(=O)(=O)N2CCCC2)cc1. The third-order valence-corrected chi connectivity index (χ3v) is 4.98. The molecular formula is C12H16N2O3S. The van der Waals surface area contributed by atoms with E-state index in [1.54, 1.807) is 0 Å². The Morgan fingerprint density at radius 2 is 1.72 bits per heavy atom. The van der Waals surface area contributed by atoms with E-state index in [0.717, 1.165) is 12.8 Å². The Balaban J connectivity index is 2.26. The highest BCUT2D eigenvalue weighted by molar-refractivity contribution is 7.89. The number of sulfonamides is 1. The van der Waals surface area contributed by atoms with Crippen molar-refractivity contribution in [1.29, 1.82) is 0 Å². The van der Waals surface area contributed by atoms with E-state index in [-0.39, 0.29) is 17.2 Å². The molecule has 0 bridgehead atoms. The molecule has 0 unspecified atom stereocenters. The highest BCUT2D eigenvalue weighted by Crippen LogP contribution is 2.21. The zero-order chi connectivity index (χ0) is 13.2. The molecule has 1 aromatic rings. The summed E-state index contributed by atoms with van der Waals surface area (Å²) in [6, 6.07) is 5.96. The van der Waals surface area contributed by atoms with E-state index in [2.05, 4.69) is 0 Å². The number of ketones is 1. The van der Waals surface area contributed by atoms with Crippen LogP contribution in [0.4, 0.5) is 0 Å². The average molecular weight is 268 g/mol. The van der Waals surface area contributed by atoms with Gasteiger partial charge in [-0.05, 0) is 25.0 Å². The second-order valence-corrected chi connectivity index (χ2v) is 6.20. The molecule has 0 spiro atoms. The largest absolute Gasteiger partial charge is 0.324 e. The Bertz CT molecular complexity index is 531. The Kier molecular flexibility index (Phi) is 3.79. The second kappa shape index (κ2) is 5.17. The van der Waals surface area contributed by atoms with Crippen molar-refractivity contribution in [3.8, 4) is 0 Å². The van der Waals surface area contributed by atoms with Crippen LogP contribution >= 0.6 is 0 Å². The molecule has 98 valence electrons. The number of nitrogens with two attached hydrogens (primary N) is 1. The van der Waals surface area contributed by atoms with Crippen LogP contribution in [-0.4, -0.2) is 38.1 Å². The molecular weight excluding hydrogens is 252 g/mol. The van der Waals surface area contributed by atoms with Gasteiger partial charge in [-0.15, -0.1) is 0 Å². The van der Waals surface area contributed by atoms with Gasteiger partial charge in [-0.1, -0.05) is 12.1 Å². The van der Waals surface area contributed by atoms with E-state index < -0.39 is 10.0 Å². The lowest BCUT2D eigenvalue weighted by Gasteiger charge is -2.15. The first-order chi connectivity index (χ1) is 8.55. The molecule has 1 aromatic carbocycles. The summed E-state index contributed by atoms with van der Waals surface area (Å²) >= 11 is 0. The normalized spacial score (nSPS) is 16.9. The van der Waals surface area contributed by atoms with E-state index in [1.807, 2.05) is 0 Å². The topological polar surface area (TPSA) is 80.5 Å². The first kappa shape index (κ1) is 13.2. The molecule has 6 heteroatoms. The van der Waals surface area contributed by atoms with Crippen molar-refractivity contribution in [2.75, 3.05) is 19.6 Å². The standard InChI is InChI=1S/C12H16N2O3S/c13-9-12(15)10-3-5-11(6-4-10)18(16,17)14-7-1-2-8-14/h3-6H,1-2,7-9,13H2. The van der Waals surface area contributed by atoms with Crippen molar-refractivity contribution in [1.82, 2.24) is 4.31 Å². The molecule has 0 radical (unpaired) electrons. The monoisotopic (exact) mass is 268 g/mol. The third-order valence-electron chi connectivity index (χ3n) is 3.06. The number of hydrogen-bond donors (Lipinski definition) is 1. The van der Waals surface area contributed by atoms with E-state index in [9.17, 15) is 13.2 Å². The maximum atomic E-state index is 12.2. The maximum absolute atomic E-state index is 12.2. The van der Waals surface area contributed by atoms with E-state index >= 15 is 0 Å². The molecule has 5 nitrogen and oxygen atoms in total. The molecule has 0 atom stereocenters. The van der Waals surface area contributed by atoms with E-state index in [0.29, 0.717) is 18.7 Å². The predicted molar refractivity (Wildman–Crippen MR) is 67.8 cm³/mol. The molecule has 0 aliphatic carbocycles. The number of carbonyl (C=O) groups is 1. The van der Waals surface area contributed by atoms with Crippen molar-refractivity contribution in [2.24, 2.45) is 5.73 Å². The van der Waals surface area contributed by atoms with Crippen molar-refractivity contribution in [3.05, 3.63) is 29.8 Å². The molecule has 0 aromatic heterocycles. The molecule has 18 heavy (non-hydrogen) atoms. The minimum atomic E-state index is -3.40. The van der Waals surface area contributed by atoms with Gasteiger partial charge in [0.25, 0.3) is 0 Å². The third kappa shape index (κ3) is 2.45. The molecule has 0 amide bonds. The maximum Gasteiger partial charge on any atom is 0.243 e. The smallest absolute Gasteiger partial charge is 0.243 e. The second-order valence-electron chi connectivity index (χ2n) is 4.26. The summed E-state index contributed by atoms with van der Waals surface area (Å²) in [5.41, 5.74) is 5.69. The first-order valence-corrected chi connectivity index (χ1v) is 7.33. The van der Waals surface area contributed by atoms with Crippen molar-refractivity contribution < 1.29 is 13.2 Å². The Morgan fingerprint density at radius 1 is 1.17 bits per heavy atom. The molecule has 1 aliphatic heterocycles. The van der Waals surface area contributed by atoms with Crippen LogP contribution < -0.4 is 5.73 Å². The fraction of sp³-hybridized carbons (Fsp3) is 0.417. The highest BCUT2D eigenvalue weighted by Gasteiger charge is 2.26. The van der Waals surface area contributed by atoms with Crippen LogP contribution in [0.1, 0.15) is 23.2 Å². The molecule has 1 aliphatic rings. The Hall–Kier alpha value is -1.24. The van der Waals surface area contributed by atoms with Crippen LogP contribution in [0.2, 0.25) is 0 Å². The number of hydrogen-bond acceptors (Lipinski definition) is 4. The van der Waals surface area contributed by atoms with E-state index in [1.165, 1.54) is 28.6 Å². The molecule has 2 N–H and O–H groups in total. The molecule has 1 fully saturated rings. The number of benzene rings is 1. The predicted octanol–water partition coefficient (Wildman–Crippen LogP) is 0.612. The van der Waals surface area contributed by atoms with Crippen LogP contribution in [0.25, 0.3) is 0 Å². The summed E-state index contributed by atoms with van der Waals surface area (Å²) < 4.78 is 25.9. The molecule has 0 saturated carbocycles. The van der Waals surface area contributed by atoms with Crippen LogP contribution in [0.5, 0.6) is 0 Å². The number of rotatable bonds is 4. The summed E-state index contributed by atoms with van der Waals surface area (Å²) in [5.74, 6) is -0.194. The minimum absolute atomic E-state index is 0.0712. The quantitative estimate of drug-likeness (QED) is 0.811. The lowest BCUT2D eigenvalue weighted by molar-refractivity contribution is 0.100.